The predicted molar refractivity (Wildman–Crippen MR) is 101 cm³/mol. The van der Waals surface area contributed by atoms with Crippen LogP contribution < -0.4 is 10.1 Å². The maximum absolute atomic E-state index is 11.9. The molecule has 1 aliphatic carbocycles. The van der Waals surface area contributed by atoms with Crippen LogP contribution in [-0.2, 0) is 16.4 Å². The largest absolute Gasteiger partial charge is 0.474 e. The Kier molecular flexibility index (Phi) is 5.59. The summed E-state index contributed by atoms with van der Waals surface area (Å²) < 4.78 is 29.7. The van der Waals surface area contributed by atoms with E-state index < -0.39 is 20.4 Å². The van der Waals surface area contributed by atoms with Crippen molar-refractivity contribution in [2.45, 2.75) is 43.2 Å². The Hall–Kier alpha value is -2.68. The van der Waals surface area contributed by atoms with Crippen LogP contribution in [-0.4, -0.2) is 30.7 Å². The molecule has 1 aromatic carbocycles. The van der Waals surface area contributed by atoms with Gasteiger partial charge in [0, 0.05) is 24.6 Å². The lowest BCUT2D eigenvalue weighted by atomic mass is 10.2. The van der Waals surface area contributed by atoms with Gasteiger partial charge in [-0.3, -0.25) is 10.1 Å². The SMILES string of the molecule is CS(=O)(=O)c1cccc(NCc2cccnc2OC2CCCC2)c1[N+](=O)[O-]. The molecule has 1 fully saturated rings. The van der Waals surface area contributed by atoms with Crippen LogP contribution in [0.25, 0.3) is 0 Å². The number of sulfone groups is 1. The number of para-hydroxylation sites is 1. The van der Waals surface area contributed by atoms with Crippen LogP contribution in [0.15, 0.2) is 41.4 Å². The first-order valence-corrected chi connectivity index (χ1v) is 10.6. The quantitative estimate of drug-likeness (QED) is 0.569. The Morgan fingerprint density at radius 2 is 2.00 bits per heavy atom. The van der Waals surface area contributed by atoms with Gasteiger partial charge in [0.05, 0.1) is 4.92 Å². The second-order valence-electron chi connectivity index (χ2n) is 6.53. The van der Waals surface area contributed by atoms with Crippen molar-refractivity contribution >= 4 is 21.2 Å². The molecule has 3 rings (SSSR count). The molecule has 0 radical (unpaired) electrons. The number of nitrogens with one attached hydrogen (secondary N) is 1. The molecule has 8 nitrogen and oxygen atoms in total. The van der Waals surface area contributed by atoms with Crippen LogP contribution in [0.1, 0.15) is 31.2 Å². The lowest BCUT2D eigenvalue weighted by Crippen LogP contribution is -2.14. The summed E-state index contributed by atoms with van der Waals surface area (Å²) in [5, 5.41) is 14.4. The first-order chi connectivity index (χ1) is 12.9. The molecule has 1 N–H and O–H groups in total. The van der Waals surface area contributed by atoms with E-state index in [0.717, 1.165) is 37.5 Å². The van der Waals surface area contributed by atoms with E-state index in [1.165, 1.54) is 18.2 Å². The number of ether oxygens (including phenoxy) is 1. The highest BCUT2D eigenvalue weighted by Gasteiger charge is 2.26. The molecule has 0 spiro atoms. The molecule has 0 bridgehead atoms. The number of anilines is 1. The highest BCUT2D eigenvalue weighted by atomic mass is 32.2. The summed E-state index contributed by atoms with van der Waals surface area (Å²) in [6.45, 7) is 0.226. The van der Waals surface area contributed by atoms with Gasteiger partial charge >= 0.3 is 5.69 Å². The summed E-state index contributed by atoms with van der Waals surface area (Å²) in [5.41, 5.74) is 0.434. The second-order valence-corrected chi connectivity index (χ2v) is 8.51. The van der Waals surface area contributed by atoms with E-state index in [4.69, 9.17) is 4.74 Å². The van der Waals surface area contributed by atoms with Crippen LogP contribution in [0, 0.1) is 10.1 Å². The summed E-state index contributed by atoms with van der Waals surface area (Å²) in [5.74, 6) is 0.499. The van der Waals surface area contributed by atoms with Gasteiger partial charge in [0.1, 0.15) is 16.7 Å². The van der Waals surface area contributed by atoms with Crippen molar-refractivity contribution in [1.29, 1.82) is 0 Å². The Morgan fingerprint density at radius 3 is 2.67 bits per heavy atom. The molecule has 0 aliphatic heterocycles. The van der Waals surface area contributed by atoms with E-state index in [1.54, 1.807) is 12.3 Å². The molecular formula is C18H21N3O5S. The third-order valence-corrected chi connectivity index (χ3v) is 5.61. The summed E-state index contributed by atoms with van der Waals surface area (Å²) in [7, 11) is -3.73. The van der Waals surface area contributed by atoms with Gasteiger partial charge in [0.2, 0.25) is 5.88 Å². The fourth-order valence-corrected chi connectivity index (χ4v) is 4.03. The number of aromatic nitrogens is 1. The Labute approximate surface area is 157 Å². The highest BCUT2D eigenvalue weighted by Crippen LogP contribution is 2.33. The molecule has 0 amide bonds. The summed E-state index contributed by atoms with van der Waals surface area (Å²) in [6, 6.07) is 7.79. The molecule has 1 saturated carbocycles. The zero-order chi connectivity index (χ0) is 19.4. The number of nitro benzene ring substituents is 1. The van der Waals surface area contributed by atoms with E-state index in [9.17, 15) is 18.5 Å². The number of hydrogen-bond acceptors (Lipinski definition) is 7. The standard InChI is InChI=1S/C18H21N3O5S/c1-27(24,25)16-10-4-9-15(17(16)21(22)23)20-12-13-6-5-11-19-18(13)26-14-7-2-3-8-14/h4-6,9-11,14,20H,2-3,7-8,12H2,1H3. The molecule has 0 saturated heterocycles. The third kappa shape index (κ3) is 4.54. The number of benzene rings is 1. The van der Waals surface area contributed by atoms with E-state index in [1.807, 2.05) is 6.07 Å². The van der Waals surface area contributed by atoms with Crippen LogP contribution >= 0.6 is 0 Å². The Morgan fingerprint density at radius 1 is 1.26 bits per heavy atom. The van der Waals surface area contributed by atoms with E-state index in [2.05, 4.69) is 10.3 Å². The van der Waals surface area contributed by atoms with Gasteiger partial charge in [-0.05, 0) is 43.9 Å². The highest BCUT2D eigenvalue weighted by molar-refractivity contribution is 7.90. The Balaban J connectivity index is 1.84. The zero-order valence-corrected chi connectivity index (χ0v) is 15.7. The number of pyridine rings is 1. The van der Waals surface area contributed by atoms with Crippen LogP contribution in [0.4, 0.5) is 11.4 Å². The first-order valence-electron chi connectivity index (χ1n) is 8.68. The van der Waals surface area contributed by atoms with Crippen molar-refractivity contribution in [3.05, 3.63) is 52.2 Å². The lowest BCUT2D eigenvalue weighted by molar-refractivity contribution is -0.386. The minimum absolute atomic E-state index is 0.138. The maximum Gasteiger partial charge on any atom is 0.310 e. The summed E-state index contributed by atoms with van der Waals surface area (Å²) >= 11 is 0. The fraction of sp³-hybridized carbons (Fsp3) is 0.389. The molecule has 0 unspecified atom stereocenters. The van der Waals surface area contributed by atoms with E-state index >= 15 is 0 Å². The van der Waals surface area contributed by atoms with Gasteiger partial charge in [-0.2, -0.15) is 0 Å². The maximum atomic E-state index is 11.9. The second kappa shape index (κ2) is 7.91. The minimum atomic E-state index is -3.73. The third-order valence-electron chi connectivity index (χ3n) is 4.48. The monoisotopic (exact) mass is 391 g/mol. The molecule has 1 aromatic heterocycles. The van der Waals surface area contributed by atoms with Crippen molar-refractivity contribution in [3.8, 4) is 5.88 Å². The molecule has 0 atom stereocenters. The number of nitro groups is 1. The van der Waals surface area contributed by atoms with Crippen molar-refractivity contribution < 1.29 is 18.1 Å². The first kappa shape index (κ1) is 19.1. The molecule has 27 heavy (non-hydrogen) atoms. The van der Waals surface area contributed by atoms with Crippen molar-refractivity contribution in [1.82, 2.24) is 4.98 Å². The van der Waals surface area contributed by atoms with Crippen LogP contribution in [0.2, 0.25) is 0 Å². The number of hydrogen-bond donors (Lipinski definition) is 1. The van der Waals surface area contributed by atoms with Crippen LogP contribution in [0.3, 0.4) is 0 Å². The minimum Gasteiger partial charge on any atom is -0.474 e. The average molecular weight is 391 g/mol. The van der Waals surface area contributed by atoms with Gasteiger partial charge in [0.15, 0.2) is 9.84 Å². The van der Waals surface area contributed by atoms with Crippen molar-refractivity contribution in [2.24, 2.45) is 0 Å². The smallest absolute Gasteiger partial charge is 0.310 e. The van der Waals surface area contributed by atoms with Gasteiger partial charge in [-0.25, -0.2) is 13.4 Å². The summed E-state index contributed by atoms with van der Waals surface area (Å²) in [6.07, 6.45) is 6.98. The molecule has 144 valence electrons. The van der Waals surface area contributed by atoms with Crippen LogP contribution in [0.5, 0.6) is 5.88 Å². The topological polar surface area (TPSA) is 111 Å². The van der Waals surface area contributed by atoms with Crippen molar-refractivity contribution in [2.75, 3.05) is 11.6 Å². The van der Waals surface area contributed by atoms with Crippen molar-refractivity contribution in [3.63, 3.8) is 0 Å². The molecule has 1 aliphatic rings. The molecular weight excluding hydrogens is 370 g/mol. The van der Waals surface area contributed by atoms with Gasteiger partial charge in [-0.1, -0.05) is 12.1 Å². The summed E-state index contributed by atoms with van der Waals surface area (Å²) in [4.78, 5) is 14.7. The zero-order valence-electron chi connectivity index (χ0n) is 14.9. The molecule has 2 aromatic rings. The van der Waals surface area contributed by atoms with E-state index in [-0.39, 0.29) is 23.2 Å². The van der Waals surface area contributed by atoms with Gasteiger partial charge < -0.3 is 10.1 Å². The lowest BCUT2D eigenvalue weighted by Gasteiger charge is -2.16. The average Bonchev–Trinajstić information content (AvgIpc) is 3.13. The van der Waals surface area contributed by atoms with Gasteiger partial charge in [0.25, 0.3) is 0 Å². The predicted octanol–water partition coefficient (Wildman–Crippen LogP) is 3.33. The number of rotatable bonds is 7. The Bertz CT molecular complexity index is 940. The van der Waals surface area contributed by atoms with Gasteiger partial charge in [-0.15, -0.1) is 0 Å². The molecule has 9 heteroatoms. The molecule has 1 heterocycles. The fourth-order valence-electron chi connectivity index (χ4n) is 3.17. The van der Waals surface area contributed by atoms with E-state index in [0.29, 0.717) is 5.88 Å². The normalized spacial score (nSPS) is 14.9. The number of nitrogens with zero attached hydrogens (tertiary/aromatic N) is 2.